The van der Waals surface area contributed by atoms with Crippen molar-refractivity contribution in [1.82, 2.24) is 19.6 Å². The van der Waals surface area contributed by atoms with Crippen molar-refractivity contribution < 1.29 is 27.8 Å². The SMILES string of the molecule is COc1cc(-c2cnc3cc(C4(C)CN(C)CCO4)ccn23)cc(OC(F)F)c1C(=O)NC1CC1. The summed E-state index contributed by atoms with van der Waals surface area (Å²) in [7, 11) is 3.45. The molecule has 2 fully saturated rings. The van der Waals surface area contributed by atoms with Crippen molar-refractivity contribution in [3.63, 3.8) is 0 Å². The fraction of sp³-hybridized carbons (Fsp3) is 0.440. The highest BCUT2D eigenvalue weighted by Crippen LogP contribution is 2.37. The zero-order chi connectivity index (χ0) is 24.7. The van der Waals surface area contributed by atoms with E-state index in [4.69, 9.17) is 14.2 Å². The first kappa shape index (κ1) is 23.5. The lowest BCUT2D eigenvalue weighted by Crippen LogP contribution is -2.46. The van der Waals surface area contributed by atoms with Crippen LogP contribution in [0.4, 0.5) is 8.78 Å². The summed E-state index contributed by atoms with van der Waals surface area (Å²) in [6.07, 6.45) is 5.26. The van der Waals surface area contributed by atoms with Crippen molar-refractivity contribution in [2.24, 2.45) is 0 Å². The summed E-state index contributed by atoms with van der Waals surface area (Å²) in [5.74, 6) is -0.598. The molecule has 3 heterocycles. The second-order valence-corrected chi connectivity index (χ2v) is 9.28. The van der Waals surface area contributed by atoms with Crippen LogP contribution in [-0.2, 0) is 10.3 Å². The molecule has 1 amide bonds. The van der Waals surface area contributed by atoms with Gasteiger partial charge in [-0.2, -0.15) is 8.78 Å². The maximum Gasteiger partial charge on any atom is 0.387 e. The van der Waals surface area contributed by atoms with E-state index in [-0.39, 0.29) is 23.1 Å². The third-order valence-corrected chi connectivity index (χ3v) is 6.53. The Labute approximate surface area is 201 Å². The van der Waals surface area contributed by atoms with E-state index in [9.17, 15) is 13.6 Å². The van der Waals surface area contributed by atoms with E-state index in [1.54, 1.807) is 12.3 Å². The van der Waals surface area contributed by atoms with Gasteiger partial charge in [-0.3, -0.25) is 9.20 Å². The smallest absolute Gasteiger partial charge is 0.387 e. The van der Waals surface area contributed by atoms with E-state index >= 15 is 0 Å². The van der Waals surface area contributed by atoms with Crippen LogP contribution in [0.3, 0.4) is 0 Å². The van der Waals surface area contributed by atoms with Crippen LogP contribution < -0.4 is 14.8 Å². The van der Waals surface area contributed by atoms with Gasteiger partial charge in [-0.1, -0.05) is 0 Å². The molecule has 10 heteroatoms. The van der Waals surface area contributed by atoms with Gasteiger partial charge in [0.25, 0.3) is 5.91 Å². The van der Waals surface area contributed by atoms with Gasteiger partial charge in [-0.15, -0.1) is 0 Å². The Kier molecular flexibility index (Phi) is 6.10. The Bertz CT molecular complexity index is 1260. The van der Waals surface area contributed by atoms with Crippen molar-refractivity contribution in [2.75, 3.05) is 33.9 Å². The summed E-state index contributed by atoms with van der Waals surface area (Å²) in [5.41, 5.74) is 2.34. The van der Waals surface area contributed by atoms with E-state index in [1.165, 1.54) is 13.2 Å². The summed E-state index contributed by atoms with van der Waals surface area (Å²) in [5, 5.41) is 2.81. The number of rotatable bonds is 7. The number of imidazole rings is 1. The van der Waals surface area contributed by atoms with Gasteiger partial charge in [-0.05, 0) is 56.6 Å². The number of benzene rings is 1. The number of carbonyl (C=O) groups is 1. The maximum atomic E-state index is 13.3. The average Bonchev–Trinajstić information content (AvgIpc) is 3.52. The van der Waals surface area contributed by atoms with Crippen LogP contribution in [0.25, 0.3) is 16.9 Å². The molecule has 0 spiro atoms. The Hall–Kier alpha value is -3.24. The number of ether oxygens (including phenoxy) is 3. The number of methoxy groups -OCH3 is 1. The lowest BCUT2D eigenvalue weighted by molar-refractivity contribution is -0.0963. The molecule has 5 rings (SSSR count). The van der Waals surface area contributed by atoms with E-state index in [1.807, 2.05) is 22.7 Å². The number of hydrogen-bond acceptors (Lipinski definition) is 6. The zero-order valence-corrected chi connectivity index (χ0v) is 19.9. The minimum absolute atomic E-state index is 0.0500. The van der Waals surface area contributed by atoms with E-state index in [0.29, 0.717) is 23.5 Å². The second kappa shape index (κ2) is 9.09. The normalized spacial score (nSPS) is 20.9. The van der Waals surface area contributed by atoms with Crippen molar-refractivity contribution in [3.8, 4) is 22.8 Å². The van der Waals surface area contributed by atoms with Gasteiger partial charge >= 0.3 is 6.61 Å². The molecular weight excluding hydrogens is 458 g/mol. The molecule has 8 nitrogen and oxygen atoms in total. The monoisotopic (exact) mass is 486 g/mol. The Morgan fingerprint density at radius 1 is 1.29 bits per heavy atom. The molecule has 1 saturated carbocycles. The molecule has 1 aliphatic carbocycles. The number of halogens is 2. The van der Waals surface area contributed by atoms with Crippen LogP contribution in [0.2, 0.25) is 0 Å². The lowest BCUT2D eigenvalue weighted by Gasteiger charge is -2.39. The predicted octanol–water partition coefficient (Wildman–Crippen LogP) is 3.68. The number of carbonyl (C=O) groups excluding carboxylic acids is 1. The van der Waals surface area contributed by atoms with Crippen LogP contribution >= 0.6 is 0 Å². The third-order valence-electron chi connectivity index (χ3n) is 6.53. The third kappa shape index (κ3) is 4.68. The number of aromatic nitrogens is 2. The largest absolute Gasteiger partial charge is 0.496 e. The molecule has 0 radical (unpaired) electrons. The van der Waals surface area contributed by atoms with Crippen LogP contribution in [0.15, 0.2) is 36.7 Å². The Balaban J connectivity index is 1.55. The molecule has 2 aromatic heterocycles. The molecule has 1 aliphatic heterocycles. The van der Waals surface area contributed by atoms with Gasteiger partial charge in [0.2, 0.25) is 0 Å². The molecular formula is C25H28F2N4O4. The van der Waals surface area contributed by atoms with Gasteiger partial charge in [0.15, 0.2) is 0 Å². The summed E-state index contributed by atoms with van der Waals surface area (Å²) in [6.45, 7) is 1.24. The van der Waals surface area contributed by atoms with Gasteiger partial charge in [0.1, 0.15) is 28.3 Å². The molecule has 2 aliphatic rings. The number of alkyl halides is 2. The fourth-order valence-electron chi connectivity index (χ4n) is 4.56. The molecule has 3 aromatic rings. The standard InChI is InChI=1S/C25H28F2N4O4/c1-25(14-30(2)8-9-34-25)16-6-7-31-18(13-28-21(31)12-16)15-10-19(33-3)22(20(11-15)35-24(26)27)23(32)29-17-4-5-17/h6-7,10-13,17,24H,4-5,8-9,14H2,1-3H3,(H,29,32). The van der Waals surface area contributed by atoms with Gasteiger partial charge < -0.3 is 24.4 Å². The highest BCUT2D eigenvalue weighted by atomic mass is 19.3. The van der Waals surface area contributed by atoms with E-state index < -0.39 is 18.1 Å². The molecule has 0 bridgehead atoms. The minimum atomic E-state index is -3.10. The molecule has 1 aromatic carbocycles. The number of likely N-dealkylation sites (N-methyl/N-ethyl adjacent to an activating group) is 1. The number of fused-ring (bicyclic) bond motifs is 1. The average molecular weight is 487 g/mol. The summed E-state index contributed by atoms with van der Waals surface area (Å²) < 4.78 is 44.6. The lowest BCUT2D eigenvalue weighted by atomic mass is 9.95. The van der Waals surface area contributed by atoms with Crippen molar-refractivity contribution >= 4 is 11.6 Å². The highest BCUT2D eigenvalue weighted by Gasteiger charge is 2.33. The molecule has 35 heavy (non-hydrogen) atoms. The molecule has 1 N–H and O–H groups in total. The number of morpholine rings is 1. The first-order valence-electron chi connectivity index (χ1n) is 11.6. The summed E-state index contributed by atoms with van der Waals surface area (Å²) >= 11 is 0. The quantitative estimate of drug-likeness (QED) is 0.549. The Morgan fingerprint density at radius 3 is 2.74 bits per heavy atom. The molecule has 1 saturated heterocycles. The summed E-state index contributed by atoms with van der Waals surface area (Å²) in [4.78, 5) is 19.5. The van der Waals surface area contributed by atoms with Gasteiger partial charge in [0, 0.05) is 30.9 Å². The van der Waals surface area contributed by atoms with Crippen LogP contribution in [0, 0.1) is 0 Å². The predicted molar refractivity (Wildman–Crippen MR) is 125 cm³/mol. The topological polar surface area (TPSA) is 77.3 Å². The zero-order valence-electron chi connectivity index (χ0n) is 19.9. The first-order valence-corrected chi connectivity index (χ1v) is 11.6. The number of amides is 1. The van der Waals surface area contributed by atoms with Crippen LogP contribution in [0.1, 0.15) is 35.7 Å². The van der Waals surface area contributed by atoms with Gasteiger partial charge in [-0.25, -0.2) is 4.98 Å². The van der Waals surface area contributed by atoms with Crippen LogP contribution in [-0.4, -0.2) is 66.7 Å². The van der Waals surface area contributed by atoms with E-state index in [2.05, 4.69) is 29.2 Å². The molecule has 1 atom stereocenters. The minimum Gasteiger partial charge on any atom is -0.496 e. The van der Waals surface area contributed by atoms with Crippen molar-refractivity contribution in [2.45, 2.75) is 38.0 Å². The Morgan fingerprint density at radius 2 is 2.06 bits per heavy atom. The first-order chi connectivity index (χ1) is 16.8. The molecule has 1 unspecified atom stereocenters. The van der Waals surface area contributed by atoms with Crippen LogP contribution in [0.5, 0.6) is 11.5 Å². The van der Waals surface area contributed by atoms with Crippen molar-refractivity contribution in [3.05, 3.63) is 47.8 Å². The van der Waals surface area contributed by atoms with Gasteiger partial charge in [0.05, 0.1) is 25.6 Å². The number of nitrogens with zero attached hydrogens (tertiary/aromatic N) is 3. The second-order valence-electron chi connectivity index (χ2n) is 9.28. The number of nitrogens with one attached hydrogen (secondary N) is 1. The number of hydrogen-bond donors (Lipinski definition) is 1. The highest BCUT2D eigenvalue weighted by molar-refractivity contribution is 6.01. The number of pyridine rings is 1. The summed E-state index contributed by atoms with van der Waals surface area (Å²) in [6, 6.07) is 7.05. The van der Waals surface area contributed by atoms with E-state index in [0.717, 1.165) is 31.5 Å². The fourth-order valence-corrected chi connectivity index (χ4v) is 4.56. The maximum absolute atomic E-state index is 13.3. The molecule has 186 valence electrons. The van der Waals surface area contributed by atoms with Crippen molar-refractivity contribution in [1.29, 1.82) is 0 Å².